The molecule has 0 aromatic heterocycles. The van der Waals surface area contributed by atoms with Gasteiger partial charge in [0.25, 0.3) is 0 Å². The number of aryl methyl sites for hydroxylation is 1. The Bertz CT molecular complexity index is 603. The lowest BCUT2D eigenvalue weighted by atomic mass is 10.0. The lowest BCUT2D eigenvalue weighted by Gasteiger charge is -2.23. The molecular weight excluding hydrogens is 365 g/mol. The minimum Gasteiger partial charge on any atom is -0.511 e. The van der Waals surface area contributed by atoms with Crippen molar-refractivity contribution in [3.8, 4) is 11.5 Å². The average molecular weight is 403 g/mol. The molecule has 29 heavy (non-hydrogen) atoms. The highest BCUT2D eigenvalue weighted by molar-refractivity contribution is 6.37. The Morgan fingerprint density at radius 1 is 0.897 bits per heavy atom. The Morgan fingerprint density at radius 3 is 2.17 bits per heavy atom. The van der Waals surface area contributed by atoms with Gasteiger partial charge in [0.2, 0.25) is 0 Å². The van der Waals surface area contributed by atoms with Crippen LogP contribution < -0.4 is 4.65 Å². The summed E-state index contributed by atoms with van der Waals surface area (Å²) in [6, 6.07) is 3.87. The Labute approximate surface area is 176 Å². The van der Waals surface area contributed by atoms with Gasteiger partial charge in [-0.1, -0.05) is 64.7 Å². The standard InChI is InChI=1S/C23H38BNO4/c1-2-3-4-5-6-7-8-9-10-11-12-20-17-21-19-25-13-15-27-24(28-16-14-25)29-23(21)18-22(20)26/h17-18,26H,2-16,19H2,1H3. The summed E-state index contributed by atoms with van der Waals surface area (Å²) in [4.78, 5) is 2.32. The predicted octanol–water partition coefficient (Wildman–Crippen LogP) is 5.08. The Kier molecular flexibility index (Phi) is 9.64. The van der Waals surface area contributed by atoms with Crippen molar-refractivity contribution in [1.29, 1.82) is 0 Å². The van der Waals surface area contributed by atoms with Crippen LogP contribution in [0, 0.1) is 0 Å². The van der Waals surface area contributed by atoms with Crippen LogP contribution in [0.2, 0.25) is 0 Å². The number of benzene rings is 1. The fourth-order valence-corrected chi connectivity index (χ4v) is 4.19. The summed E-state index contributed by atoms with van der Waals surface area (Å²) < 4.78 is 17.2. The zero-order chi connectivity index (χ0) is 20.3. The van der Waals surface area contributed by atoms with Crippen molar-refractivity contribution in [1.82, 2.24) is 4.90 Å². The first-order valence-electron chi connectivity index (χ1n) is 11.7. The first-order chi connectivity index (χ1) is 14.3. The topological polar surface area (TPSA) is 51.2 Å². The third kappa shape index (κ3) is 7.51. The molecule has 6 heteroatoms. The van der Waals surface area contributed by atoms with E-state index >= 15 is 0 Å². The van der Waals surface area contributed by atoms with Crippen LogP contribution in [0.5, 0.6) is 11.5 Å². The van der Waals surface area contributed by atoms with Crippen LogP contribution in [0.25, 0.3) is 0 Å². The van der Waals surface area contributed by atoms with E-state index in [0.29, 0.717) is 24.7 Å². The molecule has 2 bridgehead atoms. The Balaban J connectivity index is 1.45. The molecule has 0 unspecified atom stereocenters. The van der Waals surface area contributed by atoms with Gasteiger partial charge < -0.3 is 19.1 Å². The lowest BCUT2D eigenvalue weighted by molar-refractivity contribution is 0.0828. The normalized spacial score (nSPS) is 17.2. The van der Waals surface area contributed by atoms with Crippen LogP contribution >= 0.6 is 0 Å². The average Bonchev–Trinajstić information content (AvgIpc) is 2.82. The van der Waals surface area contributed by atoms with E-state index in [-0.39, 0.29) is 0 Å². The van der Waals surface area contributed by atoms with Crippen LogP contribution in [-0.4, -0.2) is 43.6 Å². The minimum atomic E-state index is -0.679. The third-order valence-electron chi connectivity index (χ3n) is 6.00. The molecule has 1 fully saturated rings. The predicted molar refractivity (Wildman–Crippen MR) is 117 cm³/mol. The molecule has 1 saturated heterocycles. The number of unbranched alkanes of at least 4 members (excludes halogenated alkanes) is 9. The van der Waals surface area contributed by atoms with Gasteiger partial charge in [-0.15, -0.1) is 0 Å². The summed E-state index contributed by atoms with van der Waals surface area (Å²) in [6.45, 7) is 6.00. The molecule has 0 saturated carbocycles. The molecule has 0 aliphatic carbocycles. The van der Waals surface area contributed by atoms with Crippen LogP contribution in [0.4, 0.5) is 0 Å². The second-order valence-corrected chi connectivity index (χ2v) is 8.44. The van der Waals surface area contributed by atoms with Crippen molar-refractivity contribution in [2.45, 2.75) is 84.1 Å². The van der Waals surface area contributed by atoms with Gasteiger partial charge in [0.15, 0.2) is 0 Å². The molecule has 1 aromatic rings. The molecule has 1 N–H and O–H groups in total. The van der Waals surface area contributed by atoms with E-state index in [1.165, 1.54) is 57.8 Å². The second kappa shape index (κ2) is 12.5. The number of hydrogen-bond donors (Lipinski definition) is 1. The molecule has 162 valence electrons. The summed E-state index contributed by atoms with van der Waals surface area (Å²) in [5.41, 5.74) is 2.15. The number of fused-ring (bicyclic) bond motifs is 4. The van der Waals surface area contributed by atoms with Gasteiger partial charge in [-0.25, -0.2) is 0 Å². The molecule has 3 aliphatic rings. The minimum absolute atomic E-state index is 0.323. The highest BCUT2D eigenvalue weighted by Crippen LogP contribution is 2.32. The first-order valence-corrected chi connectivity index (χ1v) is 11.7. The molecule has 3 heterocycles. The van der Waals surface area contributed by atoms with E-state index < -0.39 is 7.32 Å². The van der Waals surface area contributed by atoms with Gasteiger partial charge in [0.05, 0.1) is 0 Å². The number of phenols is 1. The quantitative estimate of drug-likeness (QED) is 0.412. The summed E-state index contributed by atoms with van der Waals surface area (Å²) in [7, 11) is -0.679. The van der Waals surface area contributed by atoms with Gasteiger partial charge in [-0.2, -0.15) is 0 Å². The highest BCUT2D eigenvalue weighted by Gasteiger charge is 2.30. The molecular formula is C23H38BNO4. The van der Waals surface area contributed by atoms with Gasteiger partial charge in [-0.05, 0) is 24.5 Å². The maximum absolute atomic E-state index is 10.5. The van der Waals surface area contributed by atoms with Gasteiger partial charge >= 0.3 is 7.32 Å². The smallest absolute Gasteiger partial charge is 0.511 e. The van der Waals surface area contributed by atoms with Crippen molar-refractivity contribution in [3.05, 3.63) is 23.3 Å². The largest absolute Gasteiger partial charge is 0.713 e. The van der Waals surface area contributed by atoms with Crippen LogP contribution in [-0.2, 0) is 22.3 Å². The van der Waals surface area contributed by atoms with Crippen molar-refractivity contribution < 1.29 is 19.1 Å². The van der Waals surface area contributed by atoms with Crippen LogP contribution in [0.15, 0.2) is 12.1 Å². The maximum Gasteiger partial charge on any atom is 0.713 e. The van der Waals surface area contributed by atoms with E-state index in [1.807, 2.05) is 0 Å². The lowest BCUT2D eigenvalue weighted by Crippen LogP contribution is -2.39. The van der Waals surface area contributed by atoms with E-state index in [4.69, 9.17) is 14.0 Å². The van der Waals surface area contributed by atoms with Gasteiger partial charge in [-0.3, -0.25) is 4.90 Å². The third-order valence-corrected chi connectivity index (χ3v) is 6.00. The summed E-state index contributed by atoms with van der Waals surface area (Å²) in [5.74, 6) is 0.997. The molecule has 4 rings (SSSR count). The molecule has 0 radical (unpaired) electrons. The zero-order valence-corrected chi connectivity index (χ0v) is 18.2. The van der Waals surface area contributed by atoms with Crippen molar-refractivity contribution in [2.75, 3.05) is 26.3 Å². The number of hydrogen-bond acceptors (Lipinski definition) is 5. The fraction of sp³-hybridized carbons (Fsp3) is 0.739. The number of rotatable bonds is 11. The van der Waals surface area contributed by atoms with E-state index in [9.17, 15) is 5.11 Å². The summed E-state index contributed by atoms with van der Waals surface area (Å²) in [6.07, 6.45) is 14.2. The van der Waals surface area contributed by atoms with Gasteiger partial charge in [0, 0.05) is 44.5 Å². The molecule has 3 aliphatic heterocycles. The first kappa shape index (κ1) is 22.5. The molecule has 1 aromatic carbocycles. The number of aromatic hydroxyl groups is 1. The summed E-state index contributed by atoms with van der Waals surface area (Å²) >= 11 is 0. The number of phenolic OH excluding ortho intramolecular Hbond substituents is 1. The van der Waals surface area contributed by atoms with Crippen LogP contribution in [0.3, 0.4) is 0 Å². The second-order valence-electron chi connectivity index (χ2n) is 8.44. The monoisotopic (exact) mass is 403 g/mol. The SMILES string of the molecule is CCCCCCCCCCCCc1cc2c(cc1O)OB1OCCN(CCO1)C2. The van der Waals surface area contributed by atoms with Gasteiger partial charge in [0.1, 0.15) is 11.5 Å². The Morgan fingerprint density at radius 2 is 1.52 bits per heavy atom. The van der Waals surface area contributed by atoms with Crippen molar-refractivity contribution in [2.24, 2.45) is 0 Å². The molecule has 0 amide bonds. The number of nitrogens with zero attached hydrogens (tertiary/aromatic N) is 1. The fourth-order valence-electron chi connectivity index (χ4n) is 4.19. The Hall–Kier alpha value is -1.24. The van der Waals surface area contributed by atoms with E-state index in [0.717, 1.165) is 43.6 Å². The van der Waals surface area contributed by atoms with E-state index in [1.54, 1.807) is 6.07 Å². The van der Waals surface area contributed by atoms with Crippen LogP contribution in [0.1, 0.15) is 82.3 Å². The van der Waals surface area contributed by atoms with E-state index in [2.05, 4.69) is 17.9 Å². The molecule has 0 atom stereocenters. The van der Waals surface area contributed by atoms with Crippen molar-refractivity contribution >= 4 is 7.32 Å². The molecule has 0 spiro atoms. The highest BCUT2D eigenvalue weighted by atomic mass is 16.7. The molecule has 5 nitrogen and oxygen atoms in total. The zero-order valence-electron chi connectivity index (χ0n) is 18.2. The summed E-state index contributed by atoms with van der Waals surface area (Å²) in [5, 5.41) is 10.5. The maximum atomic E-state index is 10.5. The van der Waals surface area contributed by atoms with Crippen molar-refractivity contribution in [3.63, 3.8) is 0 Å².